The molecule has 3 aromatic rings. The maximum absolute atomic E-state index is 12.0. The van der Waals surface area contributed by atoms with Gasteiger partial charge in [0.1, 0.15) is 0 Å². The van der Waals surface area contributed by atoms with Gasteiger partial charge in [-0.1, -0.05) is 81.4 Å². The summed E-state index contributed by atoms with van der Waals surface area (Å²) in [4.78, 5) is 13.0. The fraction of sp³-hybridized carbons (Fsp3) is 0.321. The zero-order chi connectivity index (χ0) is 24.8. The fourth-order valence-corrected chi connectivity index (χ4v) is 10.6. The van der Waals surface area contributed by atoms with Crippen molar-refractivity contribution in [3.63, 3.8) is 0 Å². The molecule has 0 saturated carbocycles. The van der Waals surface area contributed by atoms with E-state index in [0.29, 0.717) is 18.8 Å². The van der Waals surface area contributed by atoms with Crippen molar-refractivity contribution in [1.29, 1.82) is 0 Å². The van der Waals surface area contributed by atoms with E-state index in [1.807, 2.05) is 13.0 Å². The Morgan fingerprint density at radius 3 is 2.09 bits per heavy atom. The molecular formula is C28H33BrO3SSi. The molecule has 180 valence electrons. The topological polar surface area (TPSA) is 35.5 Å². The molecule has 0 saturated heterocycles. The molecule has 0 atom stereocenters. The number of carbonyl (C=O) groups excluding carboxylic acids is 1. The van der Waals surface area contributed by atoms with E-state index in [0.717, 1.165) is 15.1 Å². The molecule has 0 bridgehead atoms. The van der Waals surface area contributed by atoms with E-state index in [1.165, 1.54) is 15.9 Å². The third kappa shape index (κ3) is 5.97. The van der Waals surface area contributed by atoms with Gasteiger partial charge in [0.15, 0.2) is 0 Å². The van der Waals surface area contributed by atoms with Crippen LogP contribution in [0.1, 0.15) is 45.1 Å². The lowest BCUT2D eigenvalue weighted by Crippen LogP contribution is -2.66. The Labute approximate surface area is 217 Å². The van der Waals surface area contributed by atoms with Crippen molar-refractivity contribution in [1.82, 2.24) is 0 Å². The minimum Gasteiger partial charge on any atom is -0.463 e. The predicted molar refractivity (Wildman–Crippen MR) is 150 cm³/mol. The van der Waals surface area contributed by atoms with Gasteiger partial charge in [-0.2, -0.15) is 0 Å². The van der Waals surface area contributed by atoms with Gasteiger partial charge in [0.25, 0.3) is 8.32 Å². The number of hydrogen-bond acceptors (Lipinski definition) is 4. The fourth-order valence-electron chi connectivity index (χ4n) is 4.26. The first-order chi connectivity index (χ1) is 16.2. The van der Waals surface area contributed by atoms with Crippen LogP contribution >= 0.6 is 27.3 Å². The lowest BCUT2D eigenvalue weighted by atomic mass is 10.2. The number of rotatable bonds is 9. The van der Waals surface area contributed by atoms with Crippen molar-refractivity contribution < 1.29 is 14.0 Å². The van der Waals surface area contributed by atoms with E-state index in [-0.39, 0.29) is 11.0 Å². The van der Waals surface area contributed by atoms with Crippen LogP contribution in [0.4, 0.5) is 0 Å². The average molecular weight is 558 g/mol. The summed E-state index contributed by atoms with van der Waals surface area (Å²) in [6.07, 6.45) is 2.67. The van der Waals surface area contributed by atoms with Crippen LogP contribution in [-0.4, -0.2) is 27.5 Å². The second kappa shape index (κ2) is 11.6. The van der Waals surface area contributed by atoms with Crippen LogP contribution in [-0.2, 0) is 20.4 Å². The monoisotopic (exact) mass is 556 g/mol. The molecule has 2 aromatic carbocycles. The first-order valence-corrected chi connectivity index (χ1v) is 15.1. The Bertz CT molecular complexity index is 1080. The van der Waals surface area contributed by atoms with Crippen molar-refractivity contribution >= 4 is 58.0 Å². The van der Waals surface area contributed by atoms with Gasteiger partial charge in [0, 0.05) is 17.1 Å². The van der Waals surface area contributed by atoms with Gasteiger partial charge in [0.2, 0.25) is 0 Å². The van der Waals surface area contributed by atoms with E-state index in [9.17, 15) is 4.79 Å². The van der Waals surface area contributed by atoms with Crippen LogP contribution in [0.2, 0.25) is 5.04 Å². The van der Waals surface area contributed by atoms with Crippen molar-refractivity contribution in [3.05, 3.63) is 86.5 Å². The summed E-state index contributed by atoms with van der Waals surface area (Å²) in [6, 6.07) is 23.5. The number of hydrogen-bond donors (Lipinski definition) is 0. The molecule has 0 N–H and O–H groups in total. The maximum Gasteiger partial charge on any atom is 0.333 e. The van der Waals surface area contributed by atoms with Gasteiger partial charge < -0.3 is 9.16 Å². The Hall–Kier alpha value is -1.99. The molecule has 0 unspecified atom stereocenters. The second-order valence-corrected chi connectivity index (χ2v) is 16.0. The number of esters is 1. The van der Waals surface area contributed by atoms with E-state index < -0.39 is 8.32 Å². The number of halogens is 1. The first-order valence-electron chi connectivity index (χ1n) is 11.6. The first kappa shape index (κ1) is 26.6. The normalized spacial score (nSPS) is 12.6. The van der Waals surface area contributed by atoms with Crippen LogP contribution in [0.5, 0.6) is 0 Å². The molecule has 0 spiro atoms. The summed E-state index contributed by atoms with van der Waals surface area (Å²) < 4.78 is 13.2. The maximum atomic E-state index is 12.0. The molecule has 0 radical (unpaired) electrons. The summed E-state index contributed by atoms with van der Waals surface area (Å²) in [5.41, 5.74) is 1.79. The highest BCUT2D eigenvalue weighted by Crippen LogP contribution is 2.37. The summed E-state index contributed by atoms with van der Waals surface area (Å²) in [7, 11) is -2.55. The van der Waals surface area contributed by atoms with Crippen molar-refractivity contribution in [3.8, 4) is 0 Å². The Kier molecular flexibility index (Phi) is 9.10. The summed E-state index contributed by atoms with van der Waals surface area (Å²) >= 11 is 5.34. The largest absolute Gasteiger partial charge is 0.463 e. The van der Waals surface area contributed by atoms with Crippen LogP contribution in [0.25, 0.3) is 6.08 Å². The molecule has 34 heavy (non-hydrogen) atoms. The van der Waals surface area contributed by atoms with Gasteiger partial charge in [0.05, 0.1) is 10.4 Å². The molecule has 6 heteroatoms. The van der Waals surface area contributed by atoms with Crippen LogP contribution in [0, 0.1) is 0 Å². The molecule has 3 nitrogen and oxygen atoms in total. The molecular weight excluding hydrogens is 524 g/mol. The predicted octanol–water partition coefficient (Wildman–Crippen LogP) is 6.60. The summed E-state index contributed by atoms with van der Waals surface area (Å²) in [6.45, 7) is 11.5. The highest BCUT2D eigenvalue weighted by molar-refractivity contribution is 9.11. The standard InChI is InChI=1S/C28H33BrO3SSi/c1-6-31-27(30)21(2)19-23-20-22(26(29)33-23)17-18-32-34(28(3,4)5,24-13-9-7-10-14-24)25-15-11-8-12-16-25/h7-16,19-20H,6,17-18H2,1-5H3/b21-19-. The Balaban J connectivity index is 1.87. The number of benzene rings is 2. The summed E-state index contributed by atoms with van der Waals surface area (Å²) in [5, 5.41) is 2.52. The third-order valence-electron chi connectivity index (χ3n) is 5.84. The molecule has 0 aliphatic carbocycles. The van der Waals surface area contributed by atoms with Crippen molar-refractivity contribution in [2.24, 2.45) is 0 Å². The molecule has 1 aromatic heterocycles. The number of thiophene rings is 1. The average Bonchev–Trinajstić information content (AvgIpc) is 3.15. The SMILES string of the molecule is CCOC(=O)/C(C)=C\c1cc(CCO[Si](c2ccccc2)(c2ccccc2)C(C)(C)C)c(Br)s1. The highest BCUT2D eigenvalue weighted by Gasteiger charge is 2.49. The Morgan fingerprint density at radius 1 is 1.03 bits per heavy atom. The zero-order valence-corrected chi connectivity index (χ0v) is 24.0. The van der Waals surface area contributed by atoms with Crippen LogP contribution < -0.4 is 10.4 Å². The smallest absolute Gasteiger partial charge is 0.333 e. The van der Waals surface area contributed by atoms with Gasteiger partial charge in [-0.25, -0.2) is 4.79 Å². The number of carbonyl (C=O) groups is 1. The molecule has 0 fully saturated rings. The van der Waals surface area contributed by atoms with Gasteiger partial charge >= 0.3 is 5.97 Å². The van der Waals surface area contributed by atoms with Gasteiger partial charge in [-0.05, 0) is 69.3 Å². The Morgan fingerprint density at radius 2 is 1.59 bits per heavy atom. The molecule has 0 aliphatic heterocycles. The third-order valence-corrected chi connectivity index (χ3v) is 12.8. The lowest BCUT2D eigenvalue weighted by molar-refractivity contribution is -0.138. The molecule has 0 aliphatic rings. The van der Waals surface area contributed by atoms with E-state index in [2.05, 4.69) is 103 Å². The van der Waals surface area contributed by atoms with Gasteiger partial charge in [-0.3, -0.25) is 0 Å². The van der Waals surface area contributed by atoms with E-state index in [1.54, 1.807) is 18.3 Å². The van der Waals surface area contributed by atoms with E-state index in [4.69, 9.17) is 9.16 Å². The zero-order valence-electron chi connectivity index (χ0n) is 20.6. The second-order valence-electron chi connectivity index (χ2n) is 9.26. The minimum atomic E-state index is -2.55. The molecule has 0 amide bonds. The summed E-state index contributed by atoms with van der Waals surface area (Å²) in [5.74, 6) is -0.274. The minimum absolute atomic E-state index is 0.0494. The van der Waals surface area contributed by atoms with Gasteiger partial charge in [-0.15, -0.1) is 11.3 Å². The van der Waals surface area contributed by atoms with Crippen LogP contribution in [0.3, 0.4) is 0 Å². The quantitative estimate of drug-likeness (QED) is 0.169. The highest BCUT2D eigenvalue weighted by atomic mass is 79.9. The van der Waals surface area contributed by atoms with Crippen molar-refractivity contribution in [2.75, 3.05) is 13.2 Å². The van der Waals surface area contributed by atoms with Crippen LogP contribution in [0.15, 0.2) is 76.1 Å². The molecule has 1 heterocycles. The van der Waals surface area contributed by atoms with E-state index >= 15 is 0 Å². The number of ether oxygens (including phenoxy) is 1. The van der Waals surface area contributed by atoms with Crippen molar-refractivity contribution in [2.45, 2.75) is 46.1 Å². The lowest BCUT2D eigenvalue weighted by Gasteiger charge is -2.43. The molecule has 3 rings (SSSR count).